The van der Waals surface area contributed by atoms with Gasteiger partial charge in [-0.25, -0.2) is 0 Å². The molecule has 0 unspecified atom stereocenters. The molecule has 2 aromatic rings. The van der Waals surface area contributed by atoms with E-state index in [1.807, 2.05) is 12.1 Å². The third-order valence-electron chi connectivity index (χ3n) is 2.51. The fourth-order valence-electron chi connectivity index (χ4n) is 1.59. The molecule has 18 heavy (non-hydrogen) atoms. The van der Waals surface area contributed by atoms with Gasteiger partial charge in [-0.15, -0.1) is 0 Å². The first-order valence-electron chi connectivity index (χ1n) is 5.62. The maximum atomic E-state index is 10.6. The molecule has 94 valence electrons. The van der Waals surface area contributed by atoms with E-state index in [1.54, 1.807) is 31.6 Å². The maximum absolute atomic E-state index is 10.6. The molecule has 0 atom stereocenters. The summed E-state index contributed by atoms with van der Waals surface area (Å²) in [6, 6.07) is 8.81. The van der Waals surface area contributed by atoms with Gasteiger partial charge in [-0.2, -0.15) is 0 Å². The molecule has 0 aliphatic rings. The van der Waals surface area contributed by atoms with Crippen molar-refractivity contribution >= 4 is 6.29 Å². The predicted molar refractivity (Wildman–Crippen MR) is 66.3 cm³/mol. The second-order valence-electron chi connectivity index (χ2n) is 3.71. The van der Waals surface area contributed by atoms with Gasteiger partial charge in [-0.1, -0.05) is 0 Å². The molecule has 0 bridgehead atoms. The molecule has 0 amide bonds. The van der Waals surface area contributed by atoms with Crippen LogP contribution in [0.1, 0.15) is 16.1 Å². The fourth-order valence-corrected chi connectivity index (χ4v) is 1.59. The molecular weight excluding hydrogens is 232 g/mol. The van der Waals surface area contributed by atoms with Gasteiger partial charge in [-0.3, -0.25) is 4.79 Å². The molecule has 0 fully saturated rings. The first kappa shape index (κ1) is 12.2. The van der Waals surface area contributed by atoms with E-state index in [9.17, 15) is 4.79 Å². The molecule has 0 aliphatic heterocycles. The lowest BCUT2D eigenvalue weighted by molar-refractivity contribution is 0.112. The highest BCUT2D eigenvalue weighted by Crippen LogP contribution is 2.27. The topological polar surface area (TPSA) is 48.7 Å². The second kappa shape index (κ2) is 5.91. The lowest BCUT2D eigenvalue weighted by Crippen LogP contribution is -2.02. The highest BCUT2D eigenvalue weighted by Gasteiger charge is 2.06. The van der Waals surface area contributed by atoms with Crippen molar-refractivity contribution < 1.29 is 18.7 Å². The zero-order valence-corrected chi connectivity index (χ0v) is 10.1. The van der Waals surface area contributed by atoms with Crippen LogP contribution in [0.4, 0.5) is 0 Å². The Kier molecular flexibility index (Phi) is 4.02. The van der Waals surface area contributed by atoms with Gasteiger partial charge in [0.25, 0.3) is 0 Å². The summed E-state index contributed by atoms with van der Waals surface area (Å²) in [5.74, 6) is 2.05. The average Bonchev–Trinajstić information content (AvgIpc) is 2.92. The van der Waals surface area contributed by atoms with Gasteiger partial charge in [0.15, 0.2) is 11.5 Å². The van der Waals surface area contributed by atoms with E-state index >= 15 is 0 Å². The first-order valence-corrected chi connectivity index (χ1v) is 5.62. The molecule has 4 heteroatoms. The monoisotopic (exact) mass is 246 g/mol. The van der Waals surface area contributed by atoms with Crippen molar-refractivity contribution in [3.8, 4) is 11.5 Å². The standard InChI is InChI=1S/C14H14O4/c1-16-14-9-11(10-15)4-5-13(14)18-8-6-12-3-2-7-17-12/h2-5,7,9-10H,6,8H2,1H3. The third kappa shape index (κ3) is 2.91. The number of benzene rings is 1. The van der Waals surface area contributed by atoms with Crippen molar-refractivity contribution in [2.24, 2.45) is 0 Å². The Hall–Kier alpha value is -2.23. The van der Waals surface area contributed by atoms with Gasteiger partial charge < -0.3 is 13.9 Å². The number of carbonyl (C=O) groups excluding carboxylic acids is 1. The van der Waals surface area contributed by atoms with Crippen molar-refractivity contribution in [1.29, 1.82) is 0 Å². The molecule has 0 aliphatic carbocycles. The summed E-state index contributed by atoms with van der Waals surface area (Å²) in [7, 11) is 1.54. The Labute approximate surface area is 105 Å². The van der Waals surface area contributed by atoms with Gasteiger partial charge in [0.1, 0.15) is 12.0 Å². The summed E-state index contributed by atoms with van der Waals surface area (Å²) in [5, 5.41) is 0. The van der Waals surface area contributed by atoms with Gasteiger partial charge >= 0.3 is 0 Å². The molecule has 0 saturated carbocycles. The van der Waals surface area contributed by atoms with Gasteiger partial charge in [0.2, 0.25) is 0 Å². The smallest absolute Gasteiger partial charge is 0.161 e. The molecule has 0 spiro atoms. The van der Waals surface area contributed by atoms with Crippen LogP contribution in [0, 0.1) is 0 Å². The van der Waals surface area contributed by atoms with E-state index in [4.69, 9.17) is 13.9 Å². The number of aldehydes is 1. The predicted octanol–water partition coefficient (Wildman–Crippen LogP) is 2.72. The van der Waals surface area contributed by atoms with E-state index in [1.165, 1.54) is 0 Å². The lowest BCUT2D eigenvalue weighted by atomic mass is 10.2. The first-order chi connectivity index (χ1) is 8.83. The average molecular weight is 246 g/mol. The molecule has 1 heterocycles. The summed E-state index contributed by atoms with van der Waals surface area (Å²) < 4.78 is 16.0. The molecule has 1 aromatic carbocycles. The zero-order valence-electron chi connectivity index (χ0n) is 10.1. The molecule has 2 rings (SSSR count). The van der Waals surface area contributed by atoms with Crippen LogP contribution in [-0.2, 0) is 6.42 Å². The number of carbonyl (C=O) groups is 1. The van der Waals surface area contributed by atoms with E-state index in [-0.39, 0.29) is 0 Å². The Morgan fingerprint density at radius 1 is 1.28 bits per heavy atom. The molecule has 0 saturated heterocycles. The van der Waals surface area contributed by atoms with Crippen molar-refractivity contribution in [3.63, 3.8) is 0 Å². The van der Waals surface area contributed by atoms with Crippen molar-refractivity contribution in [3.05, 3.63) is 47.9 Å². The van der Waals surface area contributed by atoms with Crippen molar-refractivity contribution in [1.82, 2.24) is 0 Å². The van der Waals surface area contributed by atoms with E-state index in [0.29, 0.717) is 30.1 Å². The van der Waals surface area contributed by atoms with Crippen LogP contribution in [0.15, 0.2) is 41.0 Å². The minimum Gasteiger partial charge on any atom is -0.493 e. The Bertz CT molecular complexity index is 503. The van der Waals surface area contributed by atoms with E-state index in [0.717, 1.165) is 12.0 Å². The molecular formula is C14H14O4. The summed E-state index contributed by atoms with van der Waals surface area (Å²) in [6.07, 6.45) is 3.09. The minimum atomic E-state index is 0.490. The van der Waals surface area contributed by atoms with Crippen molar-refractivity contribution in [2.75, 3.05) is 13.7 Å². The maximum Gasteiger partial charge on any atom is 0.161 e. The fraction of sp³-hybridized carbons (Fsp3) is 0.214. The van der Waals surface area contributed by atoms with E-state index in [2.05, 4.69) is 0 Å². The third-order valence-corrected chi connectivity index (χ3v) is 2.51. The molecule has 0 N–H and O–H groups in total. The van der Waals surface area contributed by atoms with Gasteiger partial charge in [-0.05, 0) is 30.3 Å². The van der Waals surface area contributed by atoms with Crippen LogP contribution < -0.4 is 9.47 Å². The Morgan fingerprint density at radius 3 is 2.83 bits per heavy atom. The summed E-state index contributed by atoms with van der Waals surface area (Å²) >= 11 is 0. The number of hydrogen-bond donors (Lipinski definition) is 0. The van der Waals surface area contributed by atoms with Crippen LogP contribution in [-0.4, -0.2) is 20.0 Å². The normalized spacial score (nSPS) is 10.1. The van der Waals surface area contributed by atoms with Crippen LogP contribution in [0.2, 0.25) is 0 Å². The lowest BCUT2D eigenvalue weighted by Gasteiger charge is -2.10. The highest BCUT2D eigenvalue weighted by atomic mass is 16.5. The van der Waals surface area contributed by atoms with Gasteiger partial charge in [0, 0.05) is 12.0 Å². The van der Waals surface area contributed by atoms with Crippen LogP contribution in [0.5, 0.6) is 11.5 Å². The second-order valence-corrected chi connectivity index (χ2v) is 3.71. The molecule has 1 aromatic heterocycles. The summed E-state index contributed by atoms with van der Waals surface area (Å²) in [6.45, 7) is 0.490. The number of methoxy groups -OCH3 is 1. The number of ether oxygens (including phenoxy) is 2. The van der Waals surface area contributed by atoms with Crippen LogP contribution in [0.25, 0.3) is 0 Å². The molecule has 4 nitrogen and oxygen atoms in total. The summed E-state index contributed by atoms with van der Waals surface area (Å²) in [5.41, 5.74) is 0.560. The largest absolute Gasteiger partial charge is 0.493 e. The Balaban J connectivity index is 1.98. The number of rotatable bonds is 6. The molecule has 0 radical (unpaired) electrons. The Morgan fingerprint density at radius 2 is 2.17 bits per heavy atom. The van der Waals surface area contributed by atoms with Crippen LogP contribution >= 0.6 is 0 Å². The SMILES string of the molecule is COc1cc(C=O)ccc1OCCc1ccco1. The van der Waals surface area contributed by atoms with Crippen LogP contribution in [0.3, 0.4) is 0 Å². The quantitative estimate of drug-likeness (QED) is 0.735. The van der Waals surface area contributed by atoms with E-state index < -0.39 is 0 Å². The number of furan rings is 1. The van der Waals surface area contributed by atoms with Gasteiger partial charge in [0.05, 0.1) is 20.0 Å². The van der Waals surface area contributed by atoms with Crippen molar-refractivity contribution in [2.45, 2.75) is 6.42 Å². The highest BCUT2D eigenvalue weighted by molar-refractivity contribution is 5.76. The summed E-state index contributed by atoms with van der Waals surface area (Å²) in [4.78, 5) is 10.6. The number of hydrogen-bond acceptors (Lipinski definition) is 4. The zero-order chi connectivity index (χ0) is 12.8. The minimum absolute atomic E-state index is 0.490.